The van der Waals surface area contributed by atoms with E-state index in [9.17, 15) is 4.79 Å². The Morgan fingerprint density at radius 3 is 2.55 bits per heavy atom. The third-order valence-electron chi connectivity index (χ3n) is 3.94. The Balaban J connectivity index is 1.63. The van der Waals surface area contributed by atoms with E-state index in [4.69, 9.17) is 0 Å². The second-order valence-electron chi connectivity index (χ2n) is 5.61. The standard InChI is InChI=1S/C18H21N3O/c22-18(20-16-8-2-1-3-9-16)21-17-10-4-6-14(12-17)15-7-5-11-19-13-15/h1-4,6,8-10,12,15,19H,5,7,11,13H2,(H2,20,21,22)/t15-/m1/s1. The lowest BCUT2D eigenvalue weighted by atomic mass is 9.91. The van der Waals surface area contributed by atoms with Crippen molar-refractivity contribution < 1.29 is 4.79 Å². The van der Waals surface area contributed by atoms with Crippen LogP contribution in [0.1, 0.15) is 24.3 Å². The second kappa shape index (κ2) is 7.09. The van der Waals surface area contributed by atoms with E-state index in [1.165, 1.54) is 18.4 Å². The Bertz CT molecular complexity index is 621. The van der Waals surface area contributed by atoms with E-state index in [0.717, 1.165) is 24.5 Å². The Morgan fingerprint density at radius 1 is 1.00 bits per heavy atom. The highest BCUT2D eigenvalue weighted by Crippen LogP contribution is 2.25. The molecule has 0 radical (unpaired) electrons. The molecule has 3 N–H and O–H groups in total. The SMILES string of the molecule is O=C(Nc1ccccc1)Nc1cccc([C@@H]2CCCNC2)c1. The lowest BCUT2D eigenvalue weighted by Crippen LogP contribution is -2.28. The van der Waals surface area contributed by atoms with Crippen LogP contribution in [0.2, 0.25) is 0 Å². The van der Waals surface area contributed by atoms with Crippen molar-refractivity contribution in [1.29, 1.82) is 0 Å². The molecule has 2 aromatic carbocycles. The van der Waals surface area contributed by atoms with E-state index in [-0.39, 0.29) is 6.03 Å². The van der Waals surface area contributed by atoms with Crippen LogP contribution in [0.3, 0.4) is 0 Å². The fourth-order valence-corrected chi connectivity index (χ4v) is 2.82. The minimum absolute atomic E-state index is 0.217. The molecule has 1 aliphatic rings. The van der Waals surface area contributed by atoms with Crippen LogP contribution in [0.25, 0.3) is 0 Å². The van der Waals surface area contributed by atoms with Gasteiger partial charge >= 0.3 is 6.03 Å². The van der Waals surface area contributed by atoms with Crippen LogP contribution in [-0.2, 0) is 0 Å². The topological polar surface area (TPSA) is 53.2 Å². The van der Waals surface area contributed by atoms with Gasteiger partial charge in [0.05, 0.1) is 0 Å². The molecule has 0 aliphatic carbocycles. The van der Waals surface area contributed by atoms with Gasteiger partial charge in [-0.3, -0.25) is 0 Å². The number of amides is 2. The molecule has 1 heterocycles. The fraction of sp³-hybridized carbons (Fsp3) is 0.278. The Hall–Kier alpha value is -2.33. The first-order valence-corrected chi connectivity index (χ1v) is 7.75. The minimum atomic E-state index is -0.217. The highest BCUT2D eigenvalue weighted by Gasteiger charge is 2.15. The molecule has 3 rings (SSSR count). The number of nitrogens with one attached hydrogen (secondary N) is 3. The quantitative estimate of drug-likeness (QED) is 0.806. The zero-order valence-corrected chi connectivity index (χ0v) is 12.5. The van der Waals surface area contributed by atoms with E-state index in [0.29, 0.717) is 5.92 Å². The maximum Gasteiger partial charge on any atom is 0.323 e. The van der Waals surface area contributed by atoms with Crippen LogP contribution in [0, 0.1) is 0 Å². The number of urea groups is 1. The molecule has 0 unspecified atom stereocenters. The predicted molar refractivity (Wildman–Crippen MR) is 90.4 cm³/mol. The van der Waals surface area contributed by atoms with Crippen molar-refractivity contribution in [1.82, 2.24) is 5.32 Å². The number of benzene rings is 2. The van der Waals surface area contributed by atoms with Crippen molar-refractivity contribution >= 4 is 17.4 Å². The zero-order chi connectivity index (χ0) is 15.2. The monoisotopic (exact) mass is 295 g/mol. The molecule has 0 bridgehead atoms. The number of carbonyl (C=O) groups is 1. The highest BCUT2D eigenvalue weighted by atomic mass is 16.2. The molecule has 1 fully saturated rings. The van der Waals surface area contributed by atoms with Gasteiger partial charge in [-0.25, -0.2) is 4.79 Å². The molecule has 1 aliphatic heterocycles. The normalized spacial score (nSPS) is 17.7. The molecular weight excluding hydrogens is 274 g/mol. The number of carbonyl (C=O) groups excluding carboxylic acids is 1. The number of anilines is 2. The first kappa shape index (κ1) is 14.6. The number of piperidine rings is 1. The van der Waals surface area contributed by atoms with Gasteiger partial charge in [0.2, 0.25) is 0 Å². The number of hydrogen-bond acceptors (Lipinski definition) is 2. The van der Waals surface area contributed by atoms with Crippen molar-refractivity contribution in [3.8, 4) is 0 Å². The van der Waals surface area contributed by atoms with Crippen molar-refractivity contribution in [2.75, 3.05) is 23.7 Å². The summed E-state index contributed by atoms with van der Waals surface area (Å²) in [7, 11) is 0. The van der Waals surface area contributed by atoms with Crippen LogP contribution in [0.5, 0.6) is 0 Å². The van der Waals surface area contributed by atoms with Gasteiger partial charge in [0.15, 0.2) is 0 Å². The summed E-state index contributed by atoms with van der Waals surface area (Å²) < 4.78 is 0. The Labute approximate surface area is 130 Å². The average molecular weight is 295 g/mol. The molecule has 4 heteroatoms. The molecule has 22 heavy (non-hydrogen) atoms. The fourth-order valence-electron chi connectivity index (χ4n) is 2.82. The summed E-state index contributed by atoms with van der Waals surface area (Å²) in [6.45, 7) is 2.12. The van der Waals surface area contributed by atoms with Gasteiger partial charge in [0, 0.05) is 17.9 Å². The van der Waals surface area contributed by atoms with Crippen molar-refractivity contribution in [3.63, 3.8) is 0 Å². The van der Waals surface area contributed by atoms with Gasteiger partial charge in [-0.05, 0) is 55.1 Å². The summed E-state index contributed by atoms with van der Waals surface area (Å²) in [5, 5.41) is 9.15. The summed E-state index contributed by atoms with van der Waals surface area (Å²) in [6, 6.07) is 17.4. The molecule has 1 saturated heterocycles. The van der Waals surface area contributed by atoms with Crippen LogP contribution in [0.4, 0.5) is 16.2 Å². The molecular formula is C18H21N3O. The van der Waals surface area contributed by atoms with Crippen molar-refractivity contribution in [2.24, 2.45) is 0 Å². The summed E-state index contributed by atoms with van der Waals surface area (Å²) >= 11 is 0. The number of para-hydroxylation sites is 1. The van der Waals surface area contributed by atoms with E-state index in [2.05, 4.69) is 28.1 Å². The zero-order valence-electron chi connectivity index (χ0n) is 12.5. The second-order valence-corrected chi connectivity index (χ2v) is 5.61. The van der Waals surface area contributed by atoms with Crippen LogP contribution >= 0.6 is 0 Å². The highest BCUT2D eigenvalue weighted by molar-refractivity contribution is 5.99. The number of hydrogen-bond donors (Lipinski definition) is 3. The summed E-state index contributed by atoms with van der Waals surface area (Å²) in [4.78, 5) is 12.0. The van der Waals surface area contributed by atoms with Crippen LogP contribution < -0.4 is 16.0 Å². The minimum Gasteiger partial charge on any atom is -0.316 e. The third-order valence-corrected chi connectivity index (χ3v) is 3.94. The van der Waals surface area contributed by atoms with Crippen molar-refractivity contribution in [3.05, 3.63) is 60.2 Å². The molecule has 114 valence electrons. The Kier molecular flexibility index (Phi) is 4.71. The lowest BCUT2D eigenvalue weighted by molar-refractivity contribution is 0.262. The van der Waals surface area contributed by atoms with Gasteiger partial charge in [-0.2, -0.15) is 0 Å². The van der Waals surface area contributed by atoms with Crippen LogP contribution in [-0.4, -0.2) is 19.1 Å². The van der Waals surface area contributed by atoms with E-state index in [1.54, 1.807) is 0 Å². The molecule has 1 atom stereocenters. The maximum absolute atomic E-state index is 12.0. The average Bonchev–Trinajstić information content (AvgIpc) is 2.57. The Morgan fingerprint density at radius 2 is 1.77 bits per heavy atom. The third kappa shape index (κ3) is 3.86. The van der Waals surface area contributed by atoms with Crippen molar-refractivity contribution in [2.45, 2.75) is 18.8 Å². The lowest BCUT2D eigenvalue weighted by Gasteiger charge is -2.23. The molecule has 0 aromatic heterocycles. The van der Waals surface area contributed by atoms with Gasteiger partial charge in [-0.1, -0.05) is 30.3 Å². The van der Waals surface area contributed by atoms with Gasteiger partial charge in [0.25, 0.3) is 0 Å². The van der Waals surface area contributed by atoms with Crippen LogP contribution in [0.15, 0.2) is 54.6 Å². The largest absolute Gasteiger partial charge is 0.323 e. The summed E-state index contributed by atoms with van der Waals surface area (Å²) in [5.74, 6) is 0.535. The van der Waals surface area contributed by atoms with Gasteiger partial charge in [-0.15, -0.1) is 0 Å². The first-order chi connectivity index (χ1) is 10.8. The predicted octanol–water partition coefficient (Wildman–Crippen LogP) is 3.80. The van der Waals surface area contributed by atoms with Gasteiger partial charge in [0.1, 0.15) is 0 Å². The van der Waals surface area contributed by atoms with E-state index >= 15 is 0 Å². The molecule has 4 nitrogen and oxygen atoms in total. The first-order valence-electron chi connectivity index (χ1n) is 7.75. The smallest absolute Gasteiger partial charge is 0.316 e. The molecule has 0 saturated carbocycles. The molecule has 2 aromatic rings. The van der Waals surface area contributed by atoms with Gasteiger partial charge < -0.3 is 16.0 Å². The molecule has 0 spiro atoms. The summed E-state index contributed by atoms with van der Waals surface area (Å²) in [5.41, 5.74) is 2.90. The maximum atomic E-state index is 12.0. The molecule has 2 amide bonds. The van der Waals surface area contributed by atoms with E-state index in [1.807, 2.05) is 42.5 Å². The summed E-state index contributed by atoms with van der Waals surface area (Å²) in [6.07, 6.45) is 2.41. The number of rotatable bonds is 3. The van der Waals surface area contributed by atoms with E-state index < -0.39 is 0 Å².